The first-order valence-corrected chi connectivity index (χ1v) is 27.6. The fourth-order valence-corrected chi connectivity index (χ4v) is 10.1. The van der Waals surface area contributed by atoms with Crippen LogP contribution >= 0.6 is 0 Å². The van der Waals surface area contributed by atoms with Gasteiger partial charge in [-0.25, -0.2) is 38.3 Å². The number of hydrogen-bond acceptors (Lipinski definition) is 13. The molecular weight excluding hydrogens is 931 g/mol. The second-order valence-corrected chi connectivity index (χ2v) is 23.2. The number of imidazole rings is 2. The molecule has 8 aromatic rings. The van der Waals surface area contributed by atoms with Gasteiger partial charge in [0.05, 0.1) is 33.8 Å². The molecule has 2 aliphatic rings. The van der Waals surface area contributed by atoms with Gasteiger partial charge in [0.1, 0.15) is 22.7 Å². The number of anilines is 3. The fourth-order valence-electron chi connectivity index (χ4n) is 9.60. The van der Waals surface area contributed by atoms with Gasteiger partial charge in [0.2, 0.25) is 20.9 Å². The normalized spacial score (nSPS) is 15.2. The van der Waals surface area contributed by atoms with Crippen LogP contribution in [0.1, 0.15) is 77.9 Å². The van der Waals surface area contributed by atoms with E-state index in [1.165, 1.54) is 23.0 Å². The molecular formula is C57H71N13O2S. The predicted octanol–water partition coefficient (Wildman–Crippen LogP) is 9.53. The topological polar surface area (TPSA) is 159 Å². The van der Waals surface area contributed by atoms with Gasteiger partial charge in [0, 0.05) is 108 Å². The van der Waals surface area contributed by atoms with E-state index in [1.54, 1.807) is 6.07 Å². The van der Waals surface area contributed by atoms with E-state index in [0.29, 0.717) is 6.54 Å². The highest BCUT2D eigenvalue weighted by molar-refractivity contribution is 7.90. The second kappa shape index (κ2) is 21.4. The maximum absolute atomic E-state index is 11.8. The van der Waals surface area contributed by atoms with Gasteiger partial charge in [-0.15, -0.1) is 0 Å². The molecule has 0 radical (unpaired) electrons. The van der Waals surface area contributed by atoms with E-state index in [0.717, 1.165) is 146 Å². The van der Waals surface area contributed by atoms with Crippen molar-refractivity contribution in [2.24, 2.45) is 0 Å². The van der Waals surface area contributed by atoms with Crippen molar-refractivity contribution in [1.29, 1.82) is 0 Å². The van der Waals surface area contributed by atoms with Gasteiger partial charge in [-0.3, -0.25) is 9.80 Å². The van der Waals surface area contributed by atoms with Crippen molar-refractivity contribution in [2.75, 3.05) is 86.4 Å². The van der Waals surface area contributed by atoms with Crippen LogP contribution in [0.4, 0.5) is 17.3 Å². The summed E-state index contributed by atoms with van der Waals surface area (Å²) in [6, 6.07) is 34.0. The van der Waals surface area contributed by atoms with E-state index in [9.17, 15) is 8.42 Å². The Morgan fingerprint density at radius 3 is 1.37 bits per heavy atom. The third-order valence-corrected chi connectivity index (χ3v) is 14.9. The molecule has 6 heterocycles. The van der Waals surface area contributed by atoms with Crippen molar-refractivity contribution in [3.05, 3.63) is 132 Å². The number of piperazine rings is 2. The molecule has 2 fully saturated rings. The molecule has 0 bridgehead atoms. The minimum atomic E-state index is -3.42. The molecule has 2 aliphatic heterocycles. The molecule has 73 heavy (non-hydrogen) atoms. The van der Waals surface area contributed by atoms with Crippen LogP contribution in [0, 0.1) is 0 Å². The first kappa shape index (κ1) is 51.2. The Morgan fingerprint density at radius 1 is 0.534 bits per heavy atom. The van der Waals surface area contributed by atoms with Crippen molar-refractivity contribution in [2.45, 2.75) is 84.5 Å². The van der Waals surface area contributed by atoms with Crippen LogP contribution in [0.3, 0.4) is 0 Å². The fraction of sp³-hybridized carbons (Fsp3) is 0.404. The number of rotatable bonds is 12. The standard InChI is InChI=1S/C30H39N7.C27H32N6O2S/c1-6-36(7-2)29-31-16-15-24(32-29)21-35-17-19-37(20-18-35)26-10-8-9-25-27(26)34-28(33-25)22-11-13-23(14-12-22)30(3,4)5;1-27(2,3)20-10-8-19(9-11-20)25-30-22-6-5-7-23(24(22)31-25)33-16-14-32(15-17-33)18-21-12-13-28-26(29-21)36(4,34)35/h8-16H,6-7,17-21H2,1-5H3,(H,33,34);5-13H,14-18H2,1-4H3,(H,30,31). The van der Waals surface area contributed by atoms with Crippen LogP contribution in [0.25, 0.3) is 44.8 Å². The van der Waals surface area contributed by atoms with E-state index in [1.807, 2.05) is 12.3 Å². The lowest BCUT2D eigenvalue weighted by Crippen LogP contribution is -2.46. The summed E-state index contributed by atoms with van der Waals surface area (Å²) in [7, 11) is -3.42. The summed E-state index contributed by atoms with van der Waals surface area (Å²) in [6.45, 7) is 28.3. The Morgan fingerprint density at radius 2 is 0.959 bits per heavy atom. The molecule has 15 nitrogen and oxygen atoms in total. The Hall–Kier alpha value is -6.75. The lowest BCUT2D eigenvalue weighted by molar-refractivity contribution is 0.246. The van der Waals surface area contributed by atoms with Gasteiger partial charge >= 0.3 is 0 Å². The summed E-state index contributed by atoms with van der Waals surface area (Å²) in [4.78, 5) is 46.3. The third-order valence-electron chi connectivity index (χ3n) is 14.0. The highest BCUT2D eigenvalue weighted by Gasteiger charge is 2.24. The number of nitrogens with one attached hydrogen (secondary N) is 2. The molecule has 0 atom stereocenters. The quantitative estimate of drug-likeness (QED) is 0.112. The summed E-state index contributed by atoms with van der Waals surface area (Å²) in [5.41, 5.74) is 13.4. The van der Waals surface area contributed by atoms with Crippen molar-refractivity contribution in [3.8, 4) is 22.8 Å². The molecule has 4 aromatic carbocycles. The molecule has 0 amide bonds. The molecule has 4 aromatic heterocycles. The maximum Gasteiger partial charge on any atom is 0.247 e. The number of para-hydroxylation sites is 2. The first-order valence-electron chi connectivity index (χ1n) is 25.7. The summed E-state index contributed by atoms with van der Waals surface area (Å²) in [5, 5.41) is -0.118. The average molecular weight is 1000 g/mol. The molecule has 382 valence electrons. The average Bonchev–Trinajstić information content (AvgIpc) is 4.03. The summed E-state index contributed by atoms with van der Waals surface area (Å²) >= 11 is 0. The van der Waals surface area contributed by atoms with Gasteiger partial charge in [0.25, 0.3) is 0 Å². The zero-order valence-electron chi connectivity index (χ0n) is 44.0. The summed E-state index contributed by atoms with van der Waals surface area (Å²) in [6.07, 6.45) is 4.53. The lowest BCUT2D eigenvalue weighted by atomic mass is 9.87. The summed E-state index contributed by atoms with van der Waals surface area (Å²) in [5.74, 6) is 2.63. The van der Waals surface area contributed by atoms with Crippen molar-refractivity contribution in [1.82, 2.24) is 49.7 Å². The number of benzene rings is 4. The molecule has 2 N–H and O–H groups in total. The zero-order valence-corrected chi connectivity index (χ0v) is 44.8. The van der Waals surface area contributed by atoms with E-state index in [2.05, 4.69) is 190 Å². The van der Waals surface area contributed by atoms with Gasteiger partial charge in [-0.05, 0) is 72.2 Å². The maximum atomic E-state index is 11.8. The predicted molar refractivity (Wildman–Crippen MR) is 296 cm³/mol. The number of fused-ring (bicyclic) bond motifs is 2. The van der Waals surface area contributed by atoms with E-state index >= 15 is 0 Å². The monoisotopic (exact) mass is 1000 g/mol. The molecule has 2 saturated heterocycles. The van der Waals surface area contributed by atoms with Gasteiger partial charge in [-0.2, -0.15) is 0 Å². The number of aromatic amines is 2. The van der Waals surface area contributed by atoms with E-state index in [4.69, 9.17) is 15.0 Å². The number of hydrogen-bond donors (Lipinski definition) is 2. The SMILES string of the molecule is CC(C)(C)c1ccc(-c2nc3c(N4CCN(Cc5ccnc(S(C)(=O)=O)n5)CC4)cccc3[nH]2)cc1.CCN(CC)c1nccc(CN2CCN(c3cccc4[nH]c(-c5ccc(C(C)(C)C)cc5)nc34)CC2)n1. The molecule has 0 spiro atoms. The number of H-pyrrole nitrogens is 2. The van der Waals surface area contributed by atoms with E-state index in [-0.39, 0.29) is 16.0 Å². The Kier molecular flexibility index (Phi) is 15.0. The van der Waals surface area contributed by atoms with Crippen LogP contribution in [-0.2, 0) is 33.8 Å². The summed E-state index contributed by atoms with van der Waals surface area (Å²) < 4.78 is 23.6. The highest BCUT2D eigenvalue weighted by Crippen LogP contribution is 2.33. The Bertz CT molecular complexity index is 3250. The number of aromatic nitrogens is 8. The van der Waals surface area contributed by atoms with Gasteiger partial charge in [0.15, 0.2) is 0 Å². The van der Waals surface area contributed by atoms with Crippen LogP contribution in [0.2, 0.25) is 0 Å². The molecule has 16 heteroatoms. The van der Waals surface area contributed by atoms with Gasteiger partial charge in [-0.1, -0.05) is 102 Å². The van der Waals surface area contributed by atoms with Crippen LogP contribution in [0.5, 0.6) is 0 Å². The highest BCUT2D eigenvalue weighted by atomic mass is 32.2. The minimum absolute atomic E-state index is 0.116. The number of sulfone groups is 1. The van der Waals surface area contributed by atoms with Crippen molar-refractivity contribution < 1.29 is 8.42 Å². The van der Waals surface area contributed by atoms with Crippen LogP contribution in [0.15, 0.2) is 115 Å². The Balaban J connectivity index is 0.000000180. The van der Waals surface area contributed by atoms with Gasteiger partial charge < -0.3 is 24.7 Å². The molecule has 10 rings (SSSR count). The first-order chi connectivity index (χ1) is 34.9. The Labute approximate surface area is 431 Å². The molecule has 0 saturated carbocycles. The zero-order chi connectivity index (χ0) is 51.5. The number of nitrogens with zero attached hydrogens (tertiary/aromatic N) is 11. The lowest BCUT2D eigenvalue weighted by Gasteiger charge is -2.36. The third kappa shape index (κ3) is 12.0. The molecule has 0 aliphatic carbocycles. The largest absolute Gasteiger partial charge is 0.367 e. The van der Waals surface area contributed by atoms with Crippen LogP contribution in [-0.4, -0.2) is 130 Å². The smallest absolute Gasteiger partial charge is 0.247 e. The molecule has 0 unspecified atom stereocenters. The van der Waals surface area contributed by atoms with E-state index < -0.39 is 9.84 Å². The minimum Gasteiger partial charge on any atom is -0.367 e. The second-order valence-electron chi connectivity index (χ2n) is 21.3. The van der Waals surface area contributed by atoms with Crippen LogP contribution < -0.4 is 14.7 Å². The van der Waals surface area contributed by atoms with Crippen molar-refractivity contribution >= 4 is 49.2 Å². The van der Waals surface area contributed by atoms with Crippen molar-refractivity contribution in [3.63, 3.8) is 0 Å².